The van der Waals surface area contributed by atoms with Gasteiger partial charge in [0.2, 0.25) is 0 Å². The smallest absolute Gasteiger partial charge is 0.319 e. The minimum atomic E-state index is -4.79. The molecule has 0 radical (unpaired) electrons. The lowest BCUT2D eigenvalue weighted by Gasteiger charge is -2.11. The zero-order chi connectivity index (χ0) is 23.2. The van der Waals surface area contributed by atoms with Crippen LogP contribution in [0.3, 0.4) is 0 Å². The molecule has 1 amide bonds. The zero-order valence-corrected chi connectivity index (χ0v) is 19.4. The third-order valence-electron chi connectivity index (χ3n) is 4.38. The number of halogens is 7. The summed E-state index contributed by atoms with van der Waals surface area (Å²) in [4.78, 5) is 17.0. The van der Waals surface area contributed by atoms with Crippen LogP contribution in [0, 0.1) is 0 Å². The number of hydrogen-bond acceptors (Lipinski definition) is 3. The summed E-state index contributed by atoms with van der Waals surface area (Å²) >= 11 is 21.5. The Hall–Kier alpha value is -2.33. The van der Waals surface area contributed by atoms with Crippen LogP contribution in [0.25, 0.3) is 16.9 Å². The molecule has 2 heterocycles. The van der Waals surface area contributed by atoms with Crippen LogP contribution in [-0.2, 0) is 6.18 Å². The topological polar surface area (TPSA) is 59.3 Å². The third kappa shape index (κ3) is 4.30. The predicted octanol–water partition coefficient (Wildman–Crippen LogP) is 7.39. The molecule has 0 fully saturated rings. The van der Waals surface area contributed by atoms with E-state index in [-0.39, 0.29) is 32.1 Å². The van der Waals surface area contributed by atoms with E-state index in [9.17, 15) is 18.0 Å². The number of fused-ring (bicyclic) bond motifs is 1. The zero-order valence-electron chi connectivity index (χ0n) is 15.5. The maximum absolute atomic E-state index is 13.8. The molecule has 2 aromatic heterocycles. The molecule has 0 aliphatic carbocycles. The van der Waals surface area contributed by atoms with E-state index in [1.54, 1.807) is 30.3 Å². The average Bonchev–Trinajstić information content (AvgIpc) is 3.07. The molecule has 0 saturated carbocycles. The van der Waals surface area contributed by atoms with Crippen molar-refractivity contribution in [2.45, 2.75) is 6.18 Å². The van der Waals surface area contributed by atoms with Gasteiger partial charge in [-0.15, -0.1) is 0 Å². The van der Waals surface area contributed by atoms with Crippen molar-refractivity contribution in [3.8, 4) is 11.3 Å². The summed E-state index contributed by atoms with van der Waals surface area (Å²) in [6.07, 6.45) is -4.79. The maximum atomic E-state index is 13.8. The van der Waals surface area contributed by atoms with Gasteiger partial charge in [0.15, 0.2) is 17.0 Å². The van der Waals surface area contributed by atoms with E-state index in [1.807, 2.05) is 0 Å². The highest BCUT2D eigenvalue weighted by atomic mass is 79.9. The van der Waals surface area contributed by atoms with Crippen LogP contribution in [0.5, 0.6) is 0 Å². The van der Waals surface area contributed by atoms with Crippen molar-refractivity contribution in [1.29, 1.82) is 0 Å². The lowest BCUT2D eigenvalue weighted by atomic mass is 10.1. The highest BCUT2D eigenvalue weighted by Crippen LogP contribution is 2.35. The number of nitrogens with zero attached hydrogens (tertiary/aromatic N) is 3. The van der Waals surface area contributed by atoms with Gasteiger partial charge in [-0.05, 0) is 30.3 Å². The molecular weight excluding hydrogens is 556 g/mol. The fourth-order valence-electron chi connectivity index (χ4n) is 2.89. The quantitative estimate of drug-likeness (QED) is 0.282. The van der Waals surface area contributed by atoms with Crippen molar-refractivity contribution >= 4 is 68.0 Å². The van der Waals surface area contributed by atoms with Crippen LogP contribution in [0.2, 0.25) is 15.1 Å². The summed E-state index contributed by atoms with van der Waals surface area (Å²) in [6, 6.07) is 11.9. The first-order valence-electron chi connectivity index (χ1n) is 8.74. The van der Waals surface area contributed by atoms with Crippen LogP contribution >= 0.6 is 50.7 Å². The summed E-state index contributed by atoms with van der Waals surface area (Å²) in [5.74, 6) is -0.872. The second kappa shape index (κ2) is 8.55. The van der Waals surface area contributed by atoms with Crippen molar-refractivity contribution in [2.24, 2.45) is 0 Å². The monoisotopic (exact) mass is 562 g/mol. The van der Waals surface area contributed by atoms with Gasteiger partial charge in [-0.1, -0.05) is 68.9 Å². The van der Waals surface area contributed by atoms with E-state index in [0.29, 0.717) is 10.1 Å². The van der Waals surface area contributed by atoms with E-state index >= 15 is 0 Å². The first kappa shape index (κ1) is 22.8. The molecule has 0 bridgehead atoms. The number of amides is 1. The number of rotatable bonds is 3. The summed E-state index contributed by atoms with van der Waals surface area (Å²) in [7, 11) is 0. The summed E-state index contributed by atoms with van der Waals surface area (Å²) in [6.45, 7) is 0. The third-order valence-corrected chi connectivity index (χ3v) is 6.07. The molecule has 32 heavy (non-hydrogen) atoms. The first-order valence-corrected chi connectivity index (χ1v) is 10.7. The SMILES string of the molecule is O=C(Nc1cccc(Cl)c1Cl)c1nn2c(C(F)(F)F)cc(-c3ccc(Br)cc3)nc2c1Cl. The van der Waals surface area contributed by atoms with E-state index in [0.717, 1.165) is 10.5 Å². The molecule has 0 atom stereocenters. The standard InChI is InChI=1S/C20H9BrCl3F3N4O/c21-10-6-4-9(5-7-10)13-8-14(20(25,26)27)31-18(28-13)16(24)17(30-31)19(32)29-12-3-1-2-11(22)15(12)23/h1-8H,(H,29,32). The van der Waals surface area contributed by atoms with Gasteiger partial charge < -0.3 is 5.32 Å². The largest absolute Gasteiger partial charge is 0.433 e. The Labute approximate surface area is 202 Å². The number of carbonyl (C=O) groups excluding carboxylic acids is 1. The van der Waals surface area contributed by atoms with E-state index in [1.165, 1.54) is 12.1 Å². The number of hydrogen-bond donors (Lipinski definition) is 1. The van der Waals surface area contributed by atoms with Gasteiger partial charge in [0.05, 0.1) is 21.4 Å². The van der Waals surface area contributed by atoms with Crippen molar-refractivity contribution in [1.82, 2.24) is 14.6 Å². The molecule has 4 aromatic rings. The molecule has 164 valence electrons. The number of benzene rings is 2. The number of carbonyl (C=O) groups is 1. The maximum Gasteiger partial charge on any atom is 0.433 e. The second-order valence-electron chi connectivity index (χ2n) is 6.48. The molecule has 0 aliphatic rings. The van der Waals surface area contributed by atoms with Crippen LogP contribution in [0.1, 0.15) is 16.2 Å². The normalized spacial score (nSPS) is 11.7. The minimum Gasteiger partial charge on any atom is -0.319 e. The van der Waals surface area contributed by atoms with Crippen LogP contribution in [0.4, 0.5) is 18.9 Å². The first-order chi connectivity index (χ1) is 15.1. The Balaban J connectivity index is 1.85. The molecule has 0 spiro atoms. The van der Waals surface area contributed by atoms with Crippen molar-refractivity contribution < 1.29 is 18.0 Å². The van der Waals surface area contributed by atoms with Gasteiger partial charge in [-0.3, -0.25) is 4.79 Å². The van der Waals surface area contributed by atoms with Gasteiger partial charge in [0.25, 0.3) is 5.91 Å². The molecule has 0 unspecified atom stereocenters. The second-order valence-corrected chi connectivity index (χ2v) is 8.56. The fraction of sp³-hybridized carbons (Fsp3) is 0.0500. The van der Waals surface area contributed by atoms with E-state index < -0.39 is 23.5 Å². The van der Waals surface area contributed by atoms with Crippen LogP contribution < -0.4 is 5.32 Å². The van der Waals surface area contributed by atoms with Crippen molar-refractivity contribution in [3.05, 3.63) is 79.5 Å². The molecule has 1 N–H and O–H groups in total. The van der Waals surface area contributed by atoms with E-state index in [4.69, 9.17) is 34.8 Å². The summed E-state index contributed by atoms with van der Waals surface area (Å²) in [5, 5.41) is 6.14. The molecule has 5 nitrogen and oxygen atoms in total. The Morgan fingerprint density at radius 1 is 1.03 bits per heavy atom. The van der Waals surface area contributed by atoms with Gasteiger partial charge >= 0.3 is 6.18 Å². The Morgan fingerprint density at radius 3 is 2.38 bits per heavy atom. The predicted molar refractivity (Wildman–Crippen MR) is 121 cm³/mol. The van der Waals surface area contributed by atoms with Gasteiger partial charge in [0, 0.05) is 10.0 Å². The van der Waals surface area contributed by atoms with Crippen molar-refractivity contribution in [2.75, 3.05) is 5.32 Å². The molecule has 2 aromatic carbocycles. The molecule has 0 saturated heterocycles. The van der Waals surface area contributed by atoms with Crippen LogP contribution in [-0.4, -0.2) is 20.5 Å². The summed E-state index contributed by atoms with van der Waals surface area (Å²) < 4.78 is 42.6. The molecule has 0 aliphatic heterocycles. The average molecular weight is 565 g/mol. The Bertz CT molecular complexity index is 1360. The highest BCUT2D eigenvalue weighted by Gasteiger charge is 2.36. The van der Waals surface area contributed by atoms with Crippen LogP contribution in [0.15, 0.2) is 53.0 Å². The number of nitrogens with one attached hydrogen (secondary N) is 1. The summed E-state index contributed by atoms with van der Waals surface area (Å²) in [5.41, 5.74) is -1.31. The van der Waals surface area contributed by atoms with Gasteiger partial charge in [-0.2, -0.15) is 18.3 Å². The Morgan fingerprint density at radius 2 is 1.72 bits per heavy atom. The number of aromatic nitrogens is 3. The number of alkyl halides is 3. The van der Waals surface area contributed by atoms with Gasteiger partial charge in [0.1, 0.15) is 5.02 Å². The molecular formula is C20H9BrCl3F3N4O. The molecule has 12 heteroatoms. The highest BCUT2D eigenvalue weighted by molar-refractivity contribution is 9.10. The number of anilines is 1. The minimum absolute atomic E-state index is 0.0176. The lowest BCUT2D eigenvalue weighted by molar-refractivity contribution is -0.142. The van der Waals surface area contributed by atoms with Gasteiger partial charge in [-0.25, -0.2) is 9.50 Å². The van der Waals surface area contributed by atoms with Crippen molar-refractivity contribution in [3.63, 3.8) is 0 Å². The fourth-order valence-corrected chi connectivity index (χ4v) is 3.75. The lowest BCUT2D eigenvalue weighted by Crippen LogP contribution is -2.16. The Kier molecular flexibility index (Phi) is 6.10. The van der Waals surface area contributed by atoms with E-state index in [2.05, 4.69) is 31.3 Å². The molecule has 4 rings (SSSR count).